The van der Waals surface area contributed by atoms with Crippen LogP contribution in [0.15, 0.2) is 34.7 Å². The molecule has 0 unspecified atom stereocenters. The van der Waals surface area contributed by atoms with Crippen LogP contribution in [0.2, 0.25) is 0 Å². The van der Waals surface area contributed by atoms with E-state index in [1.54, 1.807) is 0 Å². The Morgan fingerprint density at radius 1 is 1.05 bits per heavy atom. The Hall–Kier alpha value is -1.88. The van der Waals surface area contributed by atoms with Crippen molar-refractivity contribution in [2.75, 3.05) is 13.2 Å². The van der Waals surface area contributed by atoms with Crippen molar-refractivity contribution in [1.29, 1.82) is 0 Å². The molecule has 5 nitrogen and oxygen atoms in total. The first-order valence-electron chi connectivity index (χ1n) is 7.27. The summed E-state index contributed by atoms with van der Waals surface area (Å²) >= 11 is 0. The summed E-state index contributed by atoms with van der Waals surface area (Å²) in [6.07, 6.45) is 1.36. The Morgan fingerprint density at radius 2 is 1.71 bits per heavy atom. The zero-order valence-corrected chi connectivity index (χ0v) is 12.9. The molecule has 0 aliphatic heterocycles. The molecule has 0 amide bonds. The number of aromatic nitrogens is 2. The van der Waals surface area contributed by atoms with Crippen LogP contribution in [0.4, 0.5) is 0 Å². The van der Waals surface area contributed by atoms with Crippen molar-refractivity contribution in [3.05, 3.63) is 42.1 Å². The topological polar surface area (TPSA) is 60.2 Å². The molecule has 0 saturated carbocycles. The average molecular weight is 289 g/mol. The standard InChI is InChI=1S/C16H23N3O2/c1-16(2,3)17-11-9-14-18-19-15(21-14)10-12-20-13-7-5-4-6-8-13/h4-8,17H,9-12H2,1-3H3. The number of benzene rings is 1. The number of nitrogens with zero attached hydrogens (tertiary/aromatic N) is 2. The number of rotatable bonds is 7. The summed E-state index contributed by atoms with van der Waals surface area (Å²) in [7, 11) is 0. The molecule has 0 aliphatic rings. The van der Waals surface area contributed by atoms with Crippen molar-refractivity contribution < 1.29 is 9.15 Å². The maximum Gasteiger partial charge on any atom is 0.219 e. The first kappa shape index (κ1) is 15.5. The van der Waals surface area contributed by atoms with Gasteiger partial charge in [-0.1, -0.05) is 18.2 Å². The lowest BCUT2D eigenvalue weighted by molar-refractivity contribution is 0.303. The molecule has 0 bridgehead atoms. The lowest BCUT2D eigenvalue weighted by Crippen LogP contribution is -2.37. The Labute approximate surface area is 125 Å². The molecule has 0 saturated heterocycles. The van der Waals surface area contributed by atoms with Crippen LogP contribution in [0.25, 0.3) is 0 Å². The van der Waals surface area contributed by atoms with Crippen molar-refractivity contribution >= 4 is 0 Å². The van der Waals surface area contributed by atoms with Gasteiger partial charge in [-0.05, 0) is 32.9 Å². The minimum Gasteiger partial charge on any atom is -0.493 e. The minimum atomic E-state index is 0.104. The van der Waals surface area contributed by atoms with E-state index in [0.29, 0.717) is 24.8 Å². The summed E-state index contributed by atoms with van der Waals surface area (Å²) in [6.45, 7) is 7.75. The summed E-state index contributed by atoms with van der Waals surface area (Å²) in [5, 5.41) is 11.5. The quantitative estimate of drug-likeness (QED) is 0.849. The van der Waals surface area contributed by atoms with Crippen LogP contribution < -0.4 is 10.1 Å². The highest BCUT2D eigenvalue weighted by Gasteiger charge is 2.10. The van der Waals surface area contributed by atoms with Crippen molar-refractivity contribution in [1.82, 2.24) is 15.5 Å². The molecule has 5 heteroatoms. The second kappa shape index (κ2) is 7.22. The van der Waals surface area contributed by atoms with Crippen LogP contribution in [0.3, 0.4) is 0 Å². The van der Waals surface area contributed by atoms with Gasteiger partial charge in [0.15, 0.2) is 0 Å². The first-order valence-corrected chi connectivity index (χ1v) is 7.27. The van der Waals surface area contributed by atoms with Gasteiger partial charge in [0.2, 0.25) is 11.8 Å². The number of hydrogen-bond acceptors (Lipinski definition) is 5. The average Bonchev–Trinajstić information content (AvgIpc) is 2.86. The van der Waals surface area contributed by atoms with Crippen molar-refractivity contribution in [2.24, 2.45) is 0 Å². The fourth-order valence-electron chi connectivity index (χ4n) is 1.81. The van der Waals surface area contributed by atoms with E-state index in [1.165, 1.54) is 0 Å². The molecule has 0 radical (unpaired) electrons. The van der Waals surface area contributed by atoms with Gasteiger partial charge in [0.05, 0.1) is 13.0 Å². The van der Waals surface area contributed by atoms with E-state index in [9.17, 15) is 0 Å². The molecule has 0 aliphatic carbocycles. The highest BCUT2D eigenvalue weighted by atomic mass is 16.5. The molecule has 114 valence electrons. The number of ether oxygens (including phenoxy) is 1. The predicted octanol–water partition coefficient (Wildman–Crippen LogP) is 2.62. The van der Waals surface area contributed by atoms with Gasteiger partial charge in [0.25, 0.3) is 0 Å². The molecular weight excluding hydrogens is 266 g/mol. The van der Waals surface area contributed by atoms with E-state index in [4.69, 9.17) is 9.15 Å². The van der Waals surface area contributed by atoms with Crippen LogP contribution >= 0.6 is 0 Å². The van der Waals surface area contributed by atoms with E-state index in [0.717, 1.165) is 18.7 Å². The SMILES string of the molecule is CC(C)(C)NCCc1nnc(CCOc2ccccc2)o1. The molecule has 21 heavy (non-hydrogen) atoms. The lowest BCUT2D eigenvalue weighted by atomic mass is 10.1. The van der Waals surface area contributed by atoms with Crippen molar-refractivity contribution in [3.8, 4) is 5.75 Å². The highest BCUT2D eigenvalue weighted by molar-refractivity contribution is 5.20. The zero-order chi connectivity index (χ0) is 15.1. The van der Waals surface area contributed by atoms with Crippen LogP contribution in [0.5, 0.6) is 5.75 Å². The van der Waals surface area contributed by atoms with Gasteiger partial charge in [-0.25, -0.2) is 0 Å². The van der Waals surface area contributed by atoms with Gasteiger partial charge in [0.1, 0.15) is 5.75 Å². The Kier molecular flexibility index (Phi) is 5.33. The normalized spacial score (nSPS) is 11.6. The van der Waals surface area contributed by atoms with E-state index in [1.807, 2.05) is 30.3 Å². The van der Waals surface area contributed by atoms with Gasteiger partial charge in [-0.2, -0.15) is 0 Å². The number of hydrogen-bond donors (Lipinski definition) is 1. The summed E-state index contributed by atoms with van der Waals surface area (Å²) in [5.74, 6) is 2.14. The molecule has 1 N–H and O–H groups in total. The summed E-state index contributed by atoms with van der Waals surface area (Å²) in [6, 6.07) is 9.71. The largest absolute Gasteiger partial charge is 0.493 e. The minimum absolute atomic E-state index is 0.104. The highest BCUT2D eigenvalue weighted by Crippen LogP contribution is 2.09. The maximum absolute atomic E-state index is 5.60. The molecule has 2 aromatic rings. The fourth-order valence-corrected chi connectivity index (χ4v) is 1.81. The molecule has 0 spiro atoms. The molecule has 1 aromatic heterocycles. The van der Waals surface area contributed by atoms with Crippen LogP contribution in [0.1, 0.15) is 32.6 Å². The Morgan fingerprint density at radius 3 is 2.38 bits per heavy atom. The van der Waals surface area contributed by atoms with E-state index < -0.39 is 0 Å². The molecule has 2 rings (SSSR count). The molecule has 1 heterocycles. The van der Waals surface area contributed by atoms with Crippen LogP contribution in [0, 0.1) is 0 Å². The molecular formula is C16H23N3O2. The summed E-state index contributed by atoms with van der Waals surface area (Å²) in [5.41, 5.74) is 0.104. The molecule has 1 aromatic carbocycles. The van der Waals surface area contributed by atoms with E-state index >= 15 is 0 Å². The van der Waals surface area contributed by atoms with Gasteiger partial charge in [0, 0.05) is 18.5 Å². The van der Waals surface area contributed by atoms with E-state index in [-0.39, 0.29) is 5.54 Å². The van der Waals surface area contributed by atoms with Crippen LogP contribution in [-0.4, -0.2) is 28.9 Å². The van der Waals surface area contributed by atoms with Crippen molar-refractivity contribution in [2.45, 2.75) is 39.2 Å². The molecule has 0 fully saturated rings. The van der Waals surface area contributed by atoms with Gasteiger partial charge < -0.3 is 14.5 Å². The fraction of sp³-hybridized carbons (Fsp3) is 0.500. The third-order valence-electron chi connectivity index (χ3n) is 2.83. The third kappa shape index (κ3) is 5.95. The predicted molar refractivity (Wildman–Crippen MR) is 81.4 cm³/mol. The second-order valence-corrected chi connectivity index (χ2v) is 5.93. The third-order valence-corrected chi connectivity index (χ3v) is 2.83. The summed E-state index contributed by atoms with van der Waals surface area (Å²) in [4.78, 5) is 0. The number of nitrogens with one attached hydrogen (secondary N) is 1. The number of para-hydroxylation sites is 1. The van der Waals surface area contributed by atoms with Gasteiger partial charge >= 0.3 is 0 Å². The zero-order valence-electron chi connectivity index (χ0n) is 12.9. The maximum atomic E-state index is 5.60. The second-order valence-electron chi connectivity index (χ2n) is 5.93. The smallest absolute Gasteiger partial charge is 0.219 e. The van der Waals surface area contributed by atoms with Gasteiger partial charge in [-0.3, -0.25) is 0 Å². The van der Waals surface area contributed by atoms with E-state index in [2.05, 4.69) is 36.3 Å². The Balaban J connectivity index is 1.70. The van der Waals surface area contributed by atoms with Crippen molar-refractivity contribution in [3.63, 3.8) is 0 Å². The molecule has 0 atom stereocenters. The lowest BCUT2D eigenvalue weighted by Gasteiger charge is -2.19. The summed E-state index contributed by atoms with van der Waals surface area (Å²) < 4.78 is 11.2. The van der Waals surface area contributed by atoms with Gasteiger partial charge in [-0.15, -0.1) is 10.2 Å². The Bertz CT molecular complexity index is 532. The monoisotopic (exact) mass is 289 g/mol. The van der Waals surface area contributed by atoms with Crippen LogP contribution in [-0.2, 0) is 12.8 Å². The first-order chi connectivity index (χ1) is 10.0.